The van der Waals surface area contributed by atoms with E-state index in [1.807, 2.05) is 0 Å². The van der Waals surface area contributed by atoms with Crippen LogP contribution in [0.1, 0.15) is 32.1 Å². The van der Waals surface area contributed by atoms with Crippen LogP contribution in [0.3, 0.4) is 0 Å². The number of ether oxygens (including phenoxy) is 2. The van der Waals surface area contributed by atoms with Gasteiger partial charge in [-0.2, -0.15) is 9.97 Å². The number of hydrogen-bond acceptors (Lipinski definition) is 7. The molecule has 2 N–H and O–H groups in total. The Balaban J connectivity index is 1.46. The molecule has 9 heteroatoms. The minimum absolute atomic E-state index is 0.240. The van der Waals surface area contributed by atoms with Gasteiger partial charge in [0.2, 0.25) is 5.95 Å². The number of hydrogen-bond donors (Lipinski definition) is 2. The van der Waals surface area contributed by atoms with E-state index in [4.69, 9.17) is 31.7 Å². The Bertz CT molecular complexity index is 622. The van der Waals surface area contributed by atoms with Gasteiger partial charge in [-0.15, -0.1) is 0 Å². The highest BCUT2D eigenvalue weighted by molar-refractivity contribution is 7.80. The lowest BCUT2D eigenvalue weighted by atomic mass is 10.1. The molecule has 28 heavy (non-hydrogen) atoms. The van der Waals surface area contributed by atoms with Crippen molar-refractivity contribution in [3.05, 3.63) is 6.07 Å². The summed E-state index contributed by atoms with van der Waals surface area (Å²) < 4.78 is 11.1. The van der Waals surface area contributed by atoms with Crippen molar-refractivity contribution >= 4 is 34.9 Å². The molecular formula is C19H30N6O2S. The van der Waals surface area contributed by atoms with E-state index >= 15 is 0 Å². The number of nitrogens with one attached hydrogen (secondary N) is 2. The van der Waals surface area contributed by atoms with Crippen molar-refractivity contribution in [1.29, 1.82) is 0 Å². The van der Waals surface area contributed by atoms with Gasteiger partial charge >= 0.3 is 0 Å². The maximum absolute atomic E-state index is 5.64. The third-order valence-corrected chi connectivity index (χ3v) is 5.70. The molecule has 1 atom stereocenters. The van der Waals surface area contributed by atoms with Crippen molar-refractivity contribution in [3.63, 3.8) is 0 Å². The summed E-state index contributed by atoms with van der Waals surface area (Å²) in [4.78, 5) is 14.1. The fraction of sp³-hybridized carbons (Fsp3) is 0.737. The maximum atomic E-state index is 5.64. The number of thiocarbonyl (C=S) groups is 1. The van der Waals surface area contributed by atoms with Gasteiger partial charge in [-0.05, 0) is 44.3 Å². The second kappa shape index (κ2) is 9.67. The summed E-state index contributed by atoms with van der Waals surface area (Å²) in [5.41, 5.74) is 0. The SMILES string of the molecule is S=C(NCC1CCCO1)Nc1nc(N2CCCCC2)cc(N2CCOCC2)n1. The number of nitrogens with zero attached hydrogens (tertiary/aromatic N) is 4. The van der Waals surface area contributed by atoms with E-state index in [0.29, 0.717) is 17.6 Å². The Labute approximate surface area is 172 Å². The Hall–Kier alpha value is -1.71. The first kappa shape index (κ1) is 19.6. The predicted octanol–water partition coefficient (Wildman–Crippen LogP) is 1.77. The van der Waals surface area contributed by atoms with Crippen LogP contribution in [0.2, 0.25) is 0 Å². The van der Waals surface area contributed by atoms with Gasteiger partial charge in [0.25, 0.3) is 0 Å². The summed E-state index contributed by atoms with van der Waals surface area (Å²) in [6, 6.07) is 2.10. The second-order valence-corrected chi connectivity index (χ2v) is 7.93. The van der Waals surface area contributed by atoms with Crippen molar-refractivity contribution in [1.82, 2.24) is 15.3 Å². The molecule has 0 radical (unpaired) electrons. The van der Waals surface area contributed by atoms with Crippen LogP contribution in [0, 0.1) is 0 Å². The molecule has 3 saturated heterocycles. The molecule has 0 spiro atoms. The third-order valence-electron chi connectivity index (χ3n) is 5.45. The van der Waals surface area contributed by atoms with Crippen LogP contribution in [-0.4, -0.2) is 73.7 Å². The van der Waals surface area contributed by atoms with Crippen LogP contribution in [0.5, 0.6) is 0 Å². The first-order valence-electron chi connectivity index (χ1n) is 10.4. The molecule has 8 nitrogen and oxygen atoms in total. The molecule has 4 heterocycles. The number of anilines is 3. The molecule has 154 valence electrons. The maximum Gasteiger partial charge on any atom is 0.232 e. The number of aromatic nitrogens is 2. The van der Waals surface area contributed by atoms with Crippen LogP contribution in [0.15, 0.2) is 6.07 Å². The van der Waals surface area contributed by atoms with E-state index in [9.17, 15) is 0 Å². The summed E-state index contributed by atoms with van der Waals surface area (Å²) in [6.45, 7) is 6.79. The lowest BCUT2D eigenvalue weighted by molar-refractivity contribution is 0.114. The Morgan fingerprint density at radius 1 is 1.00 bits per heavy atom. The molecule has 0 bridgehead atoms. The van der Waals surface area contributed by atoms with Crippen molar-refractivity contribution in [2.75, 3.05) is 67.7 Å². The van der Waals surface area contributed by atoms with Gasteiger partial charge in [-0.3, -0.25) is 0 Å². The van der Waals surface area contributed by atoms with Crippen molar-refractivity contribution in [2.45, 2.75) is 38.2 Å². The molecule has 3 aliphatic heterocycles. The monoisotopic (exact) mass is 406 g/mol. The fourth-order valence-electron chi connectivity index (χ4n) is 3.87. The first-order valence-corrected chi connectivity index (χ1v) is 10.8. The quantitative estimate of drug-likeness (QED) is 0.712. The zero-order valence-electron chi connectivity index (χ0n) is 16.4. The minimum atomic E-state index is 0.240. The Morgan fingerprint density at radius 3 is 2.39 bits per heavy atom. The Morgan fingerprint density at radius 2 is 1.71 bits per heavy atom. The molecule has 4 rings (SSSR count). The van der Waals surface area contributed by atoms with E-state index in [0.717, 1.165) is 70.5 Å². The van der Waals surface area contributed by atoms with Crippen LogP contribution < -0.4 is 20.4 Å². The molecule has 3 aliphatic rings. The molecule has 0 saturated carbocycles. The zero-order valence-corrected chi connectivity index (χ0v) is 17.2. The van der Waals surface area contributed by atoms with Gasteiger partial charge in [0.15, 0.2) is 5.11 Å². The number of rotatable bonds is 5. The summed E-state index contributed by atoms with van der Waals surface area (Å²) in [5, 5.41) is 6.96. The third kappa shape index (κ3) is 5.21. The first-order chi connectivity index (χ1) is 13.8. The molecule has 0 aliphatic carbocycles. The van der Waals surface area contributed by atoms with E-state index in [2.05, 4.69) is 26.5 Å². The van der Waals surface area contributed by atoms with Gasteiger partial charge < -0.3 is 29.9 Å². The minimum Gasteiger partial charge on any atom is -0.378 e. The van der Waals surface area contributed by atoms with E-state index in [1.165, 1.54) is 19.3 Å². The molecule has 1 aromatic heterocycles. The van der Waals surface area contributed by atoms with E-state index in [-0.39, 0.29) is 6.10 Å². The van der Waals surface area contributed by atoms with Gasteiger partial charge in [-0.1, -0.05) is 0 Å². The normalized spacial score (nSPS) is 22.9. The lowest BCUT2D eigenvalue weighted by Gasteiger charge is -2.31. The van der Waals surface area contributed by atoms with Crippen LogP contribution >= 0.6 is 12.2 Å². The van der Waals surface area contributed by atoms with Crippen LogP contribution in [0.25, 0.3) is 0 Å². The molecule has 0 aromatic carbocycles. The zero-order chi connectivity index (χ0) is 19.2. The van der Waals surface area contributed by atoms with Crippen LogP contribution in [0.4, 0.5) is 17.6 Å². The largest absolute Gasteiger partial charge is 0.378 e. The summed E-state index contributed by atoms with van der Waals surface area (Å²) in [7, 11) is 0. The summed E-state index contributed by atoms with van der Waals surface area (Å²) in [5.74, 6) is 2.46. The number of piperidine rings is 1. The van der Waals surface area contributed by atoms with Crippen LogP contribution in [-0.2, 0) is 9.47 Å². The van der Waals surface area contributed by atoms with Crippen molar-refractivity contribution in [2.24, 2.45) is 0 Å². The molecule has 3 fully saturated rings. The van der Waals surface area contributed by atoms with Crippen molar-refractivity contribution in [3.8, 4) is 0 Å². The molecule has 0 amide bonds. The van der Waals surface area contributed by atoms with E-state index < -0.39 is 0 Å². The smallest absolute Gasteiger partial charge is 0.232 e. The number of morpholine rings is 1. The summed E-state index contributed by atoms with van der Waals surface area (Å²) in [6.07, 6.45) is 6.15. The standard InChI is InChI=1S/C19H30N6O2S/c28-19(20-14-15-5-4-10-27-15)23-18-21-16(24-6-2-1-3-7-24)13-17(22-18)25-8-11-26-12-9-25/h13,15H,1-12,14H2,(H2,20,21,22,23,28). The average Bonchev–Trinajstić information content (AvgIpc) is 3.27. The lowest BCUT2D eigenvalue weighted by Crippen LogP contribution is -2.38. The Kier molecular flexibility index (Phi) is 6.77. The second-order valence-electron chi connectivity index (χ2n) is 7.53. The summed E-state index contributed by atoms with van der Waals surface area (Å²) >= 11 is 5.47. The predicted molar refractivity (Wildman–Crippen MR) is 114 cm³/mol. The molecule has 1 unspecified atom stereocenters. The fourth-order valence-corrected chi connectivity index (χ4v) is 4.05. The van der Waals surface area contributed by atoms with Gasteiger partial charge in [0.1, 0.15) is 11.6 Å². The van der Waals surface area contributed by atoms with Gasteiger partial charge in [0.05, 0.1) is 19.3 Å². The highest BCUT2D eigenvalue weighted by Gasteiger charge is 2.20. The molecule has 1 aromatic rings. The van der Waals surface area contributed by atoms with Gasteiger partial charge in [-0.25, -0.2) is 0 Å². The molecular weight excluding hydrogens is 376 g/mol. The van der Waals surface area contributed by atoms with Crippen molar-refractivity contribution < 1.29 is 9.47 Å². The van der Waals surface area contributed by atoms with Gasteiger partial charge in [0, 0.05) is 45.4 Å². The average molecular weight is 407 g/mol. The topological polar surface area (TPSA) is 74.8 Å². The highest BCUT2D eigenvalue weighted by Crippen LogP contribution is 2.24. The van der Waals surface area contributed by atoms with E-state index in [1.54, 1.807) is 0 Å². The highest BCUT2D eigenvalue weighted by atomic mass is 32.1.